The standard InChI is InChI=1S/C9H19N3O4/c10-7-1-2-12(9(15)11-7)8-3-5(14)6(4-13)16-8/h5-9,11,13-15H,1-4,10H2/t5-,6+,7?,8+,9?/m1/s1. The number of nitrogens with one attached hydrogen (secondary N) is 1. The van der Waals surface area contributed by atoms with Gasteiger partial charge in [-0.05, 0) is 6.42 Å². The van der Waals surface area contributed by atoms with Gasteiger partial charge >= 0.3 is 0 Å². The summed E-state index contributed by atoms with van der Waals surface area (Å²) in [6.45, 7) is 0.388. The van der Waals surface area contributed by atoms with Crippen molar-refractivity contribution in [2.75, 3.05) is 13.2 Å². The average Bonchev–Trinajstić information content (AvgIpc) is 2.59. The highest BCUT2D eigenvalue weighted by atomic mass is 16.5. The predicted molar refractivity (Wildman–Crippen MR) is 54.8 cm³/mol. The Hall–Kier alpha value is -0.280. The molecule has 0 spiro atoms. The van der Waals surface area contributed by atoms with Crippen molar-refractivity contribution in [1.29, 1.82) is 0 Å². The summed E-state index contributed by atoms with van der Waals surface area (Å²) in [6.07, 6.45) is -1.60. The average molecular weight is 233 g/mol. The van der Waals surface area contributed by atoms with Crippen LogP contribution >= 0.6 is 0 Å². The van der Waals surface area contributed by atoms with Crippen LogP contribution in [0.5, 0.6) is 0 Å². The molecular weight excluding hydrogens is 214 g/mol. The van der Waals surface area contributed by atoms with Gasteiger partial charge in [-0.3, -0.25) is 5.32 Å². The SMILES string of the molecule is NC1CCN([C@@H]2C[C@@H](O)[C@H](CO)O2)C(O)N1. The summed E-state index contributed by atoms with van der Waals surface area (Å²) in [7, 11) is 0. The molecule has 0 aromatic rings. The first-order valence-electron chi connectivity index (χ1n) is 5.51. The Morgan fingerprint density at radius 2 is 2.19 bits per heavy atom. The molecule has 94 valence electrons. The summed E-state index contributed by atoms with van der Waals surface area (Å²) in [5.74, 6) is 0. The van der Waals surface area contributed by atoms with Crippen molar-refractivity contribution < 1.29 is 20.1 Å². The number of hydrogen-bond donors (Lipinski definition) is 5. The van der Waals surface area contributed by atoms with Crippen LogP contribution in [0.3, 0.4) is 0 Å². The Morgan fingerprint density at radius 3 is 2.75 bits per heavy atom. The van der Waals surface area contributed by atoms with Crippen LogP contribution in [0.15, 0.2) is 0 Å². The largest absolute Gasteiger partial charge is 0.394 e. The zero-order valence-electron chi connectivity index (χ0n) is 8.99. The summed E-state index contributed by atoms with van der Waals surface area (Å²) in [5.41, 5.74) is 5.64. The summed E-state index contributed by atoms with van der Waals surface area (Å²) in [4.78, 5) is 1.70. The second-order valence-electron chi connectivity index (χ2n) is 4.29. The van der Waals surface area contributed by atoms with Crippen molar-refractivity contribution in [1.82, 2.24) is 10.2 Å². The van der Waals surface area contributed by atoms with Gasteiger partial charge in [0.05, 0.1) is 18.9 Å². The maximum Gasteiger partial charge on any atom is 0.166 e. The minimum Gasteiger partial charge on any atom is -0.394 e. The summed E-state index contributed by atoms with van der Waals surface area (Å²) in [5, 5.41) is 31.1. The van der Waals surface area contributed by atoms with Crippen molar-refractivity contribution in [3.05, 3.63) is 0 Å². The van der Waals surface area contributed by atoms with Crippen LogP contribution in [0.4, 0.5) is 0 Å². The van der Waals surface area contributed by atoms with Gasteiger partial charge in [0.1, 0.15) is 12.3 Å². The van der Waals surface area contributed by atoms with E-state index in [1.54, 1.807) is 4.90 Å². The number of aliphatic hydroxyl groups excluding tert-OH is 3. The van der Waals surface area contributed by atoms with Crippen molar-refractivity contribution in [3.8, 4) is 0 Å². The molecule has 2 saturated heterocycles. The number of aliphatic hydroxyl groups is 3. The number of nitrogens with two attached hydrogens (primary N) is 1. The smallest absolute Gasteiger partial charge is 0.166 e. The lowest BCUT2D eigenvalue weighted by atomic mass is 10.1. The Balaban J connectivity index is 1.93. The van der Waals surface area contributed by atoms with Crippen molar-refractivity contribution in [3.63, 3.8) is 0 Å². The zero-order chi connectivity index (χ0) is 11.7. The molecular formula is C9H19N3O4. The van der Waals surface area contributed by atoms with Crippen LogP contribution in [0.1, 0.15) is 12.8 Å². The lowest BCUT2D eigenvalue weighted by Crippen LogP contribution is -2.61. The van der Waals surface area contributed by atoms with E-state index in [1.165, 1.54) is 0 Å². The van der Waals surface area contributed by atoms with Gasteiger partial charge in [-0.1, -0.05) is 0 Å². The third-order valence-electron chi connectivity index (χ3n) is 3.13. The van der Waals surface area contributed by atoms with E-state index in [0.717, 1.165) is 0 Å². The molecule has 2 unspecified atom stereocenters. The van der Waals surface area contributed by atoms with E-state index in [2.05, 4.69) is 5.32 Å². The molecule has 5 atom stereocenters. The van der Waals surface area contributed by atoms with Crippen LogP contribution in [0.25, 0.3) is 0 Å². The minimum atomic E-state index is -0.863. The minimum absolute atomic E-state index is 0.214. The molecule has 2 aliphatic rings. The zero-order valence-corrected chi connectivity index (χ0v) is 8.99. The van der Waals surface area contributed by atoms with Gasteiger partial charge in [0.15, 0.2) is 6.35 Å². The number of rotatable bonds is 2. The molecule has 0 amide bonds. The fourth-order valence-corrected chi connectivity index (χ4v) is 2.17. The molecule has 0 bridgehead atoms. The van der Waals surface area contributed by atoms with Gasteiger partial charge < -0.3 is 25.8 Å². The molecule has 2 heterocycles. The molecule has 2 rings (SSSR count). The molecule has 6 N–H and O–H groups in total. The molecule has 7 heteroatoms. The number of ether oxygens (including phenoxy) is 1. The Kier molecular flexibility index (Phi) is 3.75. The molecule has 0 radical (unpaired) electrons. The quantitative estimate of drug-likeness (QED) is 0.353. The van der Waals surface area contributed by atoms with E-state index in [0.29, 0.717) is 19.4 Å². The summed E-state index contributed by atoms with van der Waals surface area (Å²) < 4.78 is 5.45. The van der Waals surface area contributed by atoms with Gasteiger partial charge in [-0.15, -0.1) is 0 Å². The van der Waals surface area contributed by atoms with E-state index in [-0.39, 0.29) is 19.0 Å². The molecule has 2 fully saturated rings. The molecule has 2 aliphatic heterocycles. The normalized spacial score (nSPS) is 46.1. The van der Waals surface area contributed by atoms with Crippen molar-refractivity contribution in [2.45, 2.75) is 43.8 Å². The maximum absolute atomic E-state index is 9.76. The predicted octanol–water partition coefficient (Wildman–Crippen LogP) is -2.69. The highest BCUT2D eigenvalue weighted by Crippen LogP contribution is 2.25. The first kappa shape index (κ1) is 12.2. The van der Waals surface area contributed by atoms with Crippen LogP contribution in [-0.4, -0.2) is 64.3 Å². The Bertz CT molecular complexity index is 243. The van der Waals surface area contributed by atoms with Crippen LogP contribution < -0.4 is 11.1 Å². The molecule has 0 aromatic carbocycles. The molecule has 7 nitrogen and oxygen atoms in total. The fourth-order valence-electron chi connectivity index (χ4n) is 2.17. The van der Waals surface area contributed by atoms with Gasteiger partial charge in [0, 0.05) is 13.0 Å². The second-order valence-corrected chi connectivity index (χ2v) is 4.29. The van der Waals surface area contributed by atoms with E-state index >= 15 is 0 Å². The van der Waals surface area contributed by atoms with Crippen LogP contribution in [-0.2, 0) is 4.74 Å². The van der Waals surface area contributed by atoms with E-state index in [1.807, 2.05) is 0 Å². The first-order valence-corrected chi connectivity index (χ1v) is 5.51. The Morgan fingerprint density at radius 1 is 1.44 bits per heavy atom. The number of hydrogen-bond acceptors (Lipinski definition) is 7. The monoisotopic (exact) mass is 233 g/mol. The van der Waals surface area contributed by atoms with Gasteiger partial charge in [0.25, 0.3) is 0 Å². The van der Waals surface area contributed by atoms with E-state index in [4.69, 9.17) is 15.6 Å². The maximum atomic E-state index is 9.76. The highest BCUT2D eigenvalue weighted by molar-refractivity contribution is 4.85. The lowest BCUT2D eigenvalue weighted by molar-refractivity contribution is -0.159. The van der Waals surface area contributed by atoms with E-state index < -0.39 is 18.6 Å². The van der Waals surface area contributed by atoms with Crippen molar-refractivity contribution >= 4 is 0 Å². The third-order valence-corrected chi connectivity index (χ3v) is 3.13. The first-order chi connectivity index (χ1) is 7.61. The molecule has 0 aromatic heterocycles. The van der Waals surface area contributed by atoms with Gasteiger partial charge in [-0.2, -0.15) is 0 Å². The van der Waals surface area contributed by atoms with Crippen LogP contribution in [0, 0.1) is 0 Å². The highest BCUT2D eigenvalue weighted by Gasteiger charge is 2.40. The van der Waals surface area contributed by atoms with E-state index in [9.17, 15) is 10.2 Å². The summed E-state index contributed by atoms with van der Waals surface area (Å²) >= 11 is 0. The summed E-state index contributed by atoms with van der Waals surface area (Å²) in [6, 6.07) is 0. The van der Waals surface area contributed by atoms with Gasteiger partial charge in [0.2, 0.25) is 0 Å². The molecule has 0 saturated carbocycles. The third kappa shape index (κ3) is 2.35. The van der Waals surface area contributed by atoms with Gasteiger partial charge in [-0.25, -0.2) is 4.90 Å². The fraction of sp³-hybridized carbons (Fsp3) is 1.00. The lowest BCUT2D eigenvalue weighted by Gasteiger charge is -2.39. The molecule has 16 heavy (non-hydrogen) atoms. The number of nitrogens with zero attached hydrogens (tertiary/aromatic N) is 1. The second kappa shape index (κ2) is 4.92. The van der Waals surface area contributed by atoms with Crippen LogP contribution in [0.2, 0.25) is 0 Å². The molecule has 0 aliphatic carbocycles. The van der Waals surface area contributed by atoms with Crippen molar-refractivity contribution in [2.24, 2.45) is 5.73 Å². The Labute approximate surface area is 93.8 Å². The topological polar surface area (TPSA) is 111 Å².